The lowest BCUT2D eigenvalue weighted by atomic mass is 9.91. The van der Waals surface area contributed by atoms with Gasteiger partial charge in [0, 0.05) is 25.2 Å². The molecule has 0 unspecified atom stereocenters. The summed E-state index contributed by atoms with van der Waals surface area (Å²) < 4.78 is 5.48. The van der Waals surface area contributed by atoms with Gasteiger partial charge in [0.2, 0.25) is 11.9 Å². The second-order valence-electron chi connectivity index (χ2n) is 9.39. The quantitative estimate of drug-likeness (QED) is 0.622. The van der Waals surface area contributed by atoms with Gasteiger partial charge in [-0.3, -0.25) is 14.4 Å². The van der Waals surface area contributed by atoms with Gasteiger partial charge in [0.25, 0.3) is 5.91 Å². The summed E-state index contributed by atoms with van der Waals surface area (Å²) in [6.07, 6.45) is 6.21. The molecule has 10 heteroatoms. The maximum Gasteiger partial charge on any atom is 0.274 e. The first-order valence-corrected chi connectivity index (χ1v) is 11.5. The van der Waals surface area contributed by atoms with Gasteiger partial charge >= 0.3 is 0 Å². The molecule has 182 valence electrons. The molecule has 0 atom stereocenters. The normalized spacial score (nSPS) is 17.9. The second kappa shape index (κ2) is 9.46. The van der Waals surface area contributed by atoms with Gasteiger partial charge in [-0.1, -0.05) is 12.8 Å². The Morgan fingerprint density at radius 2 is 1.94 bits per heavy atom. The van der Waals surface area contributed by atoms with Gasteiger partial charge in [0.15, 0.2) is 5.82 Å². The molecule has 2 heterocycles. The number of ether oxygens (including phenoxy) is 1. The van der Waals surface area contributed by atoms with Crippen molar-refractivity contribution in [1.82, 2.24) is 15.4 Å². The largest absolute Gasteiger partial charge is 0.495 e. The van der Waals surface area contributed by atoms with Crippen LogP contribution in [0.4, 0.5) is 23.1 Å². The lowest BCUT2D eigenvalue weighted by Crippen LogP contribution is -2.45. The summed E-state index contributed by atoms with van der Waals surface area (Å²) in [4.78, 5) is 43.2. The molecule has 4 rings (SSSR count). The fraction of sp³-hybridized carbons (Fsp3) is 0.500. The molecule has 1 aliphatic heterocycles. The Morgan fingerprint density at radius 1 is 1.21 bits per heavy atom. The third kappa shape index (κ3) is 4.50. The number of hydroxylamine groups is 1. The van der Waals surface area contributed by atoms with E-state index >= 15 is 0 Å². The van der Waals surface area contributed by atoms with Crippen molar-refractivity contribution in [2.24, 2.45) is 5.41 Å². The zero-order chi connectivity index (χ0) is 24.5. The van der Waals surface area contributed by atoms with E-state index in [1.165, 1.54) is 27.1 Å². The number of carbonyl (C=O) groups is 2. The highest BCUT2D eigenvalue weighted by atomic mass is 16.6. The van der Waals surface area contributed by atoms with Crippen LogP contribution in [-0.4, -0.2) is 55.6 Å². The van der Waals surface area contributed by atoms with Gasteiger partial charge in [-0.25, -0.2) is 10.5 Å². The Morgan fingerprint density at radius 3 is 2.62 bits per heavy atom. The number of nitrogens with one attached hydrogen (secondary N) is 2. The lowest BCUT2D eigenvalue weighted by molar-refractivity contribution is -0.125. The first kappa shape index (κ1) is 23.7. The zero-order valence-electron chi connectivity index (χ0n) is 20.3. The van der Waals surface area contributed by atoms with Gasteiger partial charge in [-0.05, 0) is 44.9 Å². The summed E-state index contributed by atoms with van der Waals surface area (Å²) in [5.74, 6) is 1.26. The van der Waals surface area contributed by atoms with Crippen molar-refractivity contribution in [3.05, 3.63) is 30.0 Å². The maximum atomic E-state index is 13.2. The molecule has 2 amide bonds. The monoisotopic (exact) mass is 468 g/mol. The predicted molar refractivity (Wildman–Crippen MR) is 130 cm³/mol. The molecule has 0 spiro atoms. The van der Waals surface area contributed by atoms with Crippen LogP contribution in [0.1, 0.15) is 49.9 Å². The van der Waals surface area contributed by atoms with Crippen LogP contribution < -0.4 is 25.3 Å². The van der Waals surface area contributed by atoms with E-state index < -0.39 is 5.41 Å². The van der Waals surface area contributed by atoms with Gasteiger partial charge in [0.1, 0.15) is 11.4 Å². The summed E-state index contributed by atoms with van der Waals surface area (Å²) in [6.45, 7) is 4.56. The highest BCUT2D eigenvalue weighted by Crippen LogP contribution is 2.40. The molecular weight excluding hydrogens is 436 g/mol. The number of hydrogen-bond acceptors (Lipinski definition) is 8. The van der Waals surface area contributed by atoms with E-state index in [2.05, 4.69) is 20.7 Å². The molecule has 2 aromatic rings. The van der Waals surface area contributed by atoms with Gasteiger partial charge < -0.3 is 19.9 Å². The highest BCUT2D eigenvalue weighted by molar-refractivity contribution is 6.01. The van der Waals surface area contributed by atoms with Crippen LogP contribution in [0.5, 0.6) is 5.75 Å². The molecule has 1 aromatic heterocycles. The topological polar surface area (TPSA) is 109 Å². The lowest BCUT2D eigenvalue weighted by Gasteiger charge is -2.34. The molecule has 34 heavy (non-hydrogen) atoms. The number of benzene rings is 1. The number of hydrogen-bond donors (Lipinski definition) is 2. The summed E-state index contributed by atoms with van der Waals surface area (Å²) >= 11 is 0. The molecule has 0 radical (unpaired) electrons. The molecule has 1 saturated carbocycles. The van der Waals surface area contributed by atoms with E-state index in [1.54, 1.807) is 36.3 Å². The van der Waals surface area contributed by atoms with Gasteiger partial charge in [-0.15, -0.1) is 0 Å². The van der Waals surface area contributed by atoms with Crippen molar-refractivity contribution < 1.29 is 19.2 Å². The molecule has 1 fully saturated rings. The fourth-order valence-electron chi connectivity index (χ4n) is 4.73. The van der Waals surface area contributed by atoms with E-state index in [0.29, 0.717) is 41.2 Å². The standard InChI is InChI=1S/C24H32N6O4/c1-24(2)14-30(16-8-6-7-9-16)20-18(29(3)22(24)32)13-25-23(27-20)26-17-11-10-15(12-19(17)33-4)21(31)28-34-5/h10-13,16H,6-9,14H2,1-5H3,(H,28,31)(H,25,26,27). The van der Waals surface area contributed by atoms with Crippen LogP contribution in [0.3, 0.4) is 0 Å². The van der Waals surface area contributed by atoms with Crippen molar-refractivity contribution in [2.45, 2.75) is 45.6 Å². The van der Waals surface area contributed by atoms with Crippen LogP contribution in [0.25, 0.3) is 0 Å². The minimum atomic E-state index is -0.548. The number of aromatic nitrogens is 2. The number of methoxy groups -OCH3 is 1. The number of amides is 2. The van der Waals surface area contributed by atoms with Crippen molar-refractivity contribution in [2.75, 3.05) is 42.9 Å². The summed E-state index contributed by atoms with van der Waals surface area (Å²) in [6, 6.07) is 5.34. The number of carbonyl (C=O) groups excluding carboxylic acids is 2. The molecule has 0 saturated heterocycles. The van der Waals surface area contributed by atoms with Crippen molar-refractivity contribution in [3.8, 4) is 5.75 Å². The smallest absolute Gasteiger partial charge is 0.274 e. The summed E-state index contributed by atoms with van der Waals surface area (Å²) in [5.41, 5.74) is 3.45. The van der Waals surface area contributed by atoms with Crippen LogP contribution in [0.15, 0.2) is 24.4 Å². The zero-order valence-corrected chi connectivity index (χ0v) is 20.3. The molecule has 2 N–H and O–H groups in total. The first-order valence-electron chi connectivity index (χ1n) is 11.5. The molecule has 1 aromatic carbocycles. The molecule has 1 aliphatic carbocycles. The molecule has 2 aliphatic rings. The highest BCUT2D eigenvalue weighted by Gasteiger charge is 2.41. The number of nitrogens with zero attached hydrogens (tertiary/aromatic N) is 4. The third-order valence-electron chi connectivity index (χ3n) is 6.50. The Bertz CT molecular complexity index is 1080. The van der Waals surface area contributed by atoms with E-state index in [4.69, 9.17) is 14.6 Å². The number of fused-ring (bicyclic) bond motifs is 1. The third-order valence-corrected chi connectivity index (χ3v) is 6.50. The van der Waals surface area contributed by atoms with Gasteiger partial charge in [0.05, 0.1) is 31.5 Å². The second-order valence-corrected chi connectivity index (χ2v) is 9.39. The van der Waals surface area contributed by atoms with Crippen LogP contribution in [0, 0.1) is 5.41 Å². The number of rotatable bonds is 6. The van der Waals surface area contributed by atoms with Crippen molar-refractivity contribution >= 4 is 35.0 Å². The van der Waals surface area contributed by atoms with Gasteiger partial charge in [-0.2, -0.15) is 4.98 Å². The van der Waals surface area contributed by atoms with Crippen molar-refractivity contribution in [3.63, 3.8) is 0 Å². The Hall–Kier alpha value is -3.40. The van der Waals surface area contributed by atoms with Crippen LogP contribution >= 0.6 is 0 Å². The predicted octanol–water partition coefficient (Wildman–Crippen LogP) is 3.27. The average Bonchev–Trinajstić information content (AvgIpc) is 3.34. The molecular formula is C24H32N6O4. The van der Waals surface area contributed by atoms with E-state index in [1.807, 2.05) is 13.8 Å². The average molecular weight is 469 g/mol. The van der Waals surface area contributed by atoms with E-state index in [-0.39, 0.29) is 11.8 Å². The van der Waals surface area contributed by atoms with Crippen LogP contribution in [0.2, 0.25) is 0 Å². The van der Waals surface area contributed by atoms with E-state index in [0.717, 1.165) is 18.7 Å². The Balaban J connectivity index is 1.70. The summed E-state index contributed by atoms with van der Waals surface area (Å²) in [5, 5.41) is 3.21. The summed E-state index contributed by atoms with van der Waals surface area (Å²) in [7, 11) is 4.69. The number of anilines is 4. The Kier molecular flexibility index (Phi) is 6.60. The first-order chi connectivity index (χ1) is 16.2. The minimum absolute atomic E-state index is 0.0464. The molecule has 0 bridgehead atoms. The Labute approximate surface area is 199 Å². The fourth-order valence-corrected chi connectivity index (χ4v) is 4.73. The van der Waals surface area contributed by atoms with E-state index in [9.17, 15) is 9.59 Å². The SMILES string of the molecule is CONC(=O)c1ccc(Nc2ncc3c(n2)N(C2CCCC2)CC(C)(C)C(=O)N3C)c(OC)c1. The molecule has 10 nitrogen and oxygen atoms in total. The maximum absolute atomic E-state index is 13.2. The van der Waals surface area contributed by atoms with Crippen molar-refractivity contribution in [1.29, 1.82) is 0 Å². The minimum Gasteiger partial charge on any atom is -0.495 e. The van der Waals surface area contributed by atoms with Crippen LogP contribution in [-0.2, 0) is 9.63 Å².